The molecular weight excluding hydrogens is 468 g/mol. The lowest BCUT2D eigenvalue weighted by Gasteiger charge is -2.36. The Bertz CT molecular complexity index is 1000. The summed E-state index contributed by atoms with van der Waals surface area (Å²) in [6.07, 6.45) is 8.24. The van der Waals surface area contributed by atoms with Crippen molar-refractivity contribution >= 4 is 29.3 Å². The van der Waals surface area contributed by atoms with Crippen LogP contribution in [0.1, 0.15) is 58.4 Å². The fourth-order valence-electron chi connectivity index (χ4n) is 4.82. The van der Waals surface area contributed by atoms with Gasteiger partial charge in [0.25, 0.3) is 0 Å². The van der Waals surface area contributed by atoms with Crippen molar-refractivity contribution in [1.29, 1.82) is 0 Å². The molecule has 0 radical (unpaired) electrons. The van der Waals surface area contributed by atoms with Crippen molar-refractivity contribution in [2.24, 2.45) is 5.92 Å². The first-order chi connectivity index (χ1) is 16.5. The molecule has 1 aromatic rings. The number of aliphatic hydroxyl groups is 1. The number of hydrogen-bond acceptors (Lipinski definition) is 5. The summed E-state index contributed by atoms with van der Waals surface area (Å²) in [6, 6.07) is 3.77. The van der Waals surface area contributed by atoms with Gasteiger partial charge in [-0.15, -0.1) is 0 Å². The molecule has 0 aromatic heterocycles. The summed E-state index contributed by atoms with van der Waals surface area (Å²) in [5.74, 6) is 0.298. The van der Waals surface area contributed by atoms with Gasteiger partial charge in [0.2, 0.25) is 5.91 Å². The first-order valence-electron chi connectivity index (χ1n) is 12.1. The van der Waals surface area contributed by atoms with E-state index in [4.69, 9.17) is 21.1 Å². The third kappa shape index (κ3) is 7.24. The summed E-state index contributed by atoms with van der Waals surface area (Å²) in [7, 11) is 3.24. The highest BCUT2D eigenvalue weighted by Gasteiger charge is 2.35. The number of rotatable bonds is 1. The molecule has 1 fully saturated rings. The summed E-state index contributed by atoms with van der Waals surface area (Å²) >= 11 is 6.57. The van der Waals surface area contributed by atoms with E-state index in [2.05, 4.69) is 5.32 Å². The molecule has 2 heterocycles. The summed E-state index contributed by atoms with van der Waals surface area (Å²) in [5.41, 5.74) is 1.59. The zero-order valence-corrected chi connectivity index (χ0v) is 22.0. The van der Waals surface area contributed by atoms with Gasteiger partial charge in [0.1, 0.15) is 16.9 Å². The molecule has 2 aliphatic heterocycles. The monoisotopic (exact) mass is 504 g/mol. The second-order valence-corrected chi connectivity index (χ2v) is 10.5. The SMILES string of the molecule is COc1cc2cc(c1Cl)N(C)C(=O)CC[C@](C)(O)CC(C)C1CC(C/C=C/C=C(\C)C2)NC(=O)O1. The molecule has 3 rings (SSSR count). The summed E-state index contributed by atoms with van der Waals surface area (Å²) in [4.78, 5) is 26.7. The van der Waals surface area contributed by atoms with Crippen molar-refractivity contribution in [3.8, 4) is 5.75 Å². The van der Waals surface area contributed by atoms with Gasteiger partial charge in [0.05, 0.1) is 18.4 Å². The molecule has 0 saturated carbocycles. The summed E-state index contributed by atoms with van der Waals surface area (Å²) < 4.78 is 11.0. The predicted molar refractivity (Wildman–Crippen MR) is 138 cm³/mol. The lowest BCUT2D eigenvalue weighted by molar-refractivity contribution is -0.119. The van der Waals surface area contributed by atoms with Crippen LogP contribution in [0.25, 0.3) is 0 Å². The van der Waals surface area contributed by atoms with Crippen molar-refractivity contribution < 1.29 is 24.2 Å². The number of carbonyl (C=O) groups excluding carboxylic acids is 2. The molecule has 4 atom stereocenters. The Hall–Kier alpha value is -2.51. The van der Waals surface area contributed by atoms with Crippen molar-refractivity contribution in [3.05, 3.63) is 46.5 Å². The topological polar surface area (TPSA) is 88.1 Å². The number of alkyl carbamates (subject to hydrolysis) is 1. The number of allylic oxidation sites excluding steroid dienone is 3. The number of methoxy groups -OCH3 is 1. The number of nitrogens with one attached hydrogen (secondary N) is 1. The van der Waals surface area contributed by atoms with Crippen LogP contribution in [0.15, 0.2) is 35.9 Å². The Labute approximate surface area is 213 Å². The minimum absolute atomic E-state index is 0.0287. The van der Waals surface area contributed by atoms with Gasteiger partial charge in [0, 0.05) is 25.9 Å². The zero-order valence-electron chi connectivity index (χ0n) is 21.3. The minimum Gasteiger partial charge on any atom is -0.495 e. The van der Waals surface area contributed by atoms with E-state index in [0.29, 0.717) is 42.1 Å². The fraction of sp³-hybridized carbons (Fsp3) is 0.556. The third-order valence-corrected chi connectivity index (χ3v) is 7.21. The second-order valence-electron chi connectivity index (χ2n) is 10.1. The maximum absolute atomic E-state index is 13.1. The molecule has 2 N–H and O–H groups in total. The maximum Gasteiger partial charge on any atom is 0.407 e. The van der Waals surface area contributed by atoms with Crippen LogP contribution in [0, 0.1) is 5.92 Å². The normalized spacial score (nSPS) is 31.1. The van der Waals surface area contributed by atoms with Gasteiger partial charge < -0.3 is 24.8 Å². The molecule has 1 saturated heterocycles. The van der Waals surface area contributed by atoms with Gasteiger partial charge in [0.15, 0.2) is 0 Å². The van der Waals surface area contributed by atoms with Gasteiger partial charge in [-0.05, 0) is 63.1 Å². The average Bonchev–Trinajstić information content (AvgIpc) is 2.79. The van der Waals surface area contributed by atoms with Crippen LogP contribution in [-0.4, -0.2) is 49.0 Å². The van der Waals surface area contributed by atoms with Crippen LogP contribution in [0.5, 0.6) is 5.75 Å². The van der Waals surface area contributed by atoms with E-state index in [9.17, 15) is 14.7 Å². The van der Waals surface area contributed by atoms with Gasteiger partial charge in [-0.2, -0.15) is 0 Å². The summed E-state index contributed by atoms with van der Waals surface area (Å²) in [6.45, 7) is 5.75. The molecule has 192 valence electrons. The molecule has 2 amide bonds. The molecular formula is C27H37ClN2O5. The molecule has 2 aliphatic rings. The van der Waals surface area contributed by atoms with Crippen LogP contribution in [0.3, 0.4) is 0 Å². The fourth-order valence-corrected chi connectivity index (χ4v) is 5.14. The maximum atomic E-state index is 13.1. The van der Waals surface area contributed by atoms with E-state index in [1.54, 1.807) is 21.1 Å². The van der Waals surface area contributed by atoms with Gasteiger partial charge in [-0.1, -0.05) is 42.3 Å². The van der Waals surface area contributed by atoms with E-state index >= 15 is 0 Å². The quantitative estimate of drug-likeness (QED) is 0.550. The van der Waals surface area contributed by atoms with Crippen molar-refractivity contribution in [1.82, 2.24) is 5.32 Å². The molecule has 8 heteroatoms. The smallest absolute Gasteiger partial charge is 0.407 e. The lowest BCUT2D eigenvalue weighted by Crippen LogP contribution is -2.48. The third-order valence-electron chi connectivity index (χ3n) is 6.83. The predicted octanol–water partition coefficient (Wildman–Crippen LogP) is 5.18. The number of nitrogens with zero attached hydrogens (tertiary/aromatic N) is 1. The Morgan fingerprint density at radius 3 is 2.77 bits per heavy atom. The highest BCUT2D eigenvalue weighted by molar-refractivity contribution is 6.35. The number of anilines is 1. The van der Waals surface area contributed by atoms with E-state index in [1.807, 2.05) is 44.2 Å². The molecule has 0 aliphatic carbocycles. The molecule has 4 bridgehead atoms. The van der Waals surface area contributed by atoms with E-state index in [0.717, 1.165) is 11.1 Å². The lowest BCUT2D eigenvalue weighted by atomic mass is 9.84. The largest absolute Gasteiger partial charge is 0.495 e. The van der Waals surface area contributed by atoms with E-state index < -0.39 is 11.7 Å². The van der Waals surface area contributed by atoms with Crippen LogP contribution in [-0.2, 0) is 16.0 Å². The van der Waals surface area contributed by atoms with Gasteiger partial charge in [-0.3, -0.25) is 4.79 Å². The van der Waals surface area contributed by atoms with Gasteiger partial charge in [-0.25, -0.2) is 4.79 Å². The number of carbonyl (C=O) groups is 2. The number of ether oxygens (including phenoxy) is 2. The van der Waals surface area contributed by atoms with Crippen molar-refractivity contribution in [2.45, 2.75) is 77.0 Å². The first-order valence-corrected chi connectivity index (χ1v) is 12.5. The van der Waals surface area contributed by atoms with Crippen LogP contribution < -0.4 is 15.0 Å². The Morgan fingerprint density at radius 2 is 2.06 bits per heavy atom. The van der Waals surface area contributed by atoms with Crippen LogP contribution >= 0.6 is 11.6 Å². The molecule has 1 aromatic carbocycles. The Kier molecular flexibility index (Phi) is 8.89. The highest BCUT2D eigenvalue weighted by atomic mass is 35.5. The van der Waals surface area contributed by atoms with Crippen molar-refractivity contribution in [3.63, 3.8) is 0 Å². The van der Waals surface area contributed by atoms with Gasteiger partial charge >= 0.3 is 6.09 Å². The average molecular weight is 505 g/mol. The minimum atomic E-state index is -1.09. The van der Waals surface area contributed by atoms with Crippen molar-refractivity contribution in [2.75, 3.05) is 19.1 Å². The Balaban J connectivity index is 1.93. The van der Waals surface area contributed by atoms with Crippen LogP contribution in [0.2, 0.25) is 5.02 Å². The number of halogens is 1. The summed E-state index contributed by atoms with van der Waals surface area (Å²) in [5, 5.41) is 14.3. The van der Waals surface area contributed by atoms with Crippen LogP contribution in [0.4, 0.5) is 10.5 Å². The highest BCUT2D eigenvalue weighted by Crippen LogP contribution is 2.37. The number of fused-ring (bicyclic) bond motifs is 4. The molecule has 0 spiro atoms. The first kappa shape index (κ1) is 27.1. The number of amides is 2. The Morgan fingerprint density at radius 1 is 1.31 bits per heavy atom. The zero-order chi connectivity index (χ0) is 25.8. The molecule has 3 unspecified atom stereocenters. The number of hydrogen-bond donors (Lipinski definition) is 2. The standard InChI is InChI=1S/C27H37ClN2O5/c1-17-8-6-7-9-20-15-22(35-26(32)29-20)18(2)16-27(3,33)11-10-24(31)30(4)21-13-19(12-17)14-23(34-5)25(21)28/h6-8,13-14,18,20,22,33H,9-12,15-16H2,1-5H3,(H,29,32)/b7-6+,17-8+/t18?,20?,22?,27-/m0/s1. The molecule has 35 heavy (non-hydrogen) atoms. The van der Waals surface area contributed by atoms with E-state index in [1.165, 1.54) is 4.90 Å². The molecule has 7 nitrogen and oxygen atoms in total. The number of benzene rings is 1. The second kappa shape index (κ2) is 11.5. The van der Waals surface area contributed by atoms with E-state index in [-0.39, 0.29) is 36.8 Å².